The lowest BCUT2D eigenvalue weighted by Crippen LogP contribution is -2.13. The van der Waals surface area contributed by atoms with Gasteiger partial charge in [-0.2, -0.15) is 0 Å². The first-order valence-corrected chi connectivity index (χ1v) is 6.68. The standard InChI is InChI=1S/C15H16BrNO2/c1-18-12-5-3-4-10(8-12)15(17)13-9-11(16)6-7-14(13)19-2/h3-9,15H,17H2,1-2H3. The molecular formula is C15H16BrNO2. The van der Waals surface area contributed by atoms with Crippen LogP contribution in [0.4, 0.5) is 0 Å². The van der Waals surface area contributed by atoms with Crippen LogP contribution >= 0.6 is 15.9 Å². The van der Waals surface area contributed by atoms with Gasteiger partial charge in [0.05, 0.1) is 20.3 Å². The highest BCUT2D eigenvalue weighted by Crippen LogP contribution is 2.31. The molecule has 19 heavy (non-hydrogen) atoms. The molecule has 2 rings (SSSR count). The number of halogens is 1. The Morgan fingerprint density at radius 1 is 1.05 bits per heavy atom. The van der Waals surface area contributed by atoms with Gasteiger partial charge >= 0.3 is 0 Å². The second-order valence-corrected chi connectivity index (χ2v) is 5.06. The number of ether oxygens (including phenoxy) is 2. The van der Waals surface area contributed by atoms with Crippen molar-refractivity contribution in [3.05, 3.63) is 58.1 Å². The van der Waals surface area contributed by atoms with Crippen LogP contribution in [0.1, 0.15) is 17.2 Å². The van der Waals surface area contributed by atoms with Crippen molar-refractivity contribution in [3.63, 3.8) is 0 Å². The first-order valence-electron chi connectivity index (χ1n) is 5.88. The normalized spacial score (nSPS) is 12.0. The molecule has 0 heterocycles. The van der Waals surface area contributed by atoms with E-state index >= 15 is 0 Å². The zero-order chi connectivity index (χ0) is 13.8. The second kappa shape index (κ2) is 6.08. The fraction of sp³-hybridized carbons (Fsp3) is 0.200. The van der Waals surface area contributed by atoms with Crippen molar-refractivity contribution < 1.29 is 9.47 Å². The summed E-state index contributed by atoms with van der Waals surface area (Å²) in [6.07, 6.45) is 0. The molecule has 4 heteroatoms. The van der Waals surface area contributed by atoms with Crippen molar-refractivity contribution in [1.82, 2.24) is 0 Å². The quantitative estimate of drug-likeness (QED) is 0.937. The van der Waals surface area contributed by atoms with Gasteiger partial charge in [-0.25, -0.2) is 0 Å². The van der Waals surface area contributed by atoms with Gasteiger partial charge in [0, 0.05) is 10.0 Å². The Labute approximate surface area is 121 Å². The summed E-state index contributed by atoms with van der Waals surface area (Å²) in [6.45, 7) is 0. The van der Waals surface area contributed by atoms with Crippen LogP contribution in [0, 0.1) is 0 Å². The molecular weight excluding hydrogens is 306 g/mol. The van der Waals surface area contributed by atoms with Gasteiger partial charge in [-0.15, -0.1) is 0 Å². The zero-order valence-electron chi connectivity index (χ0n) is 10.9. The summed E-state index contributed by atoms with van der Waals surface area (Å²) in [5.74, 6) is 1.57. The maximum Gasteiger partial charge on any atom is 0.124 e. The molecule has 0 radical (unpaired) electrons. The third-order valence-electron chi connectivity index (χ3n) is 2.98. The molecule has 100 valence electrons. The van der Waals surface area contributed by atoms with Crippen molar-refractivity contribution in [2.75, 3.05) is 14.2 Å². The Hall–Kier alpha value is -1.52. The molecule has 0 saturated carbocycles. The lowest BCUT2D eigenvalue weighted by Gasteiger charge is -2.17. The summed E-state index contributed by atoms with van der Waals surface area (Å²) >= 11 is 3.46. The fourth-order valence-corrected chi connectivity index (χ4v) is 2.34. The number of rotatable bonds is 4. The minimum Gasteiger partial charge on any atom is -0.497 e. The molecule has 0 saturated heterocycles. The van der Waals surface area contributed by atoms with Crippen molar-refractivity contribution >= 4 is 15.9 Å². The number of benzene rings is 2. The lowest BCUT2D eigenvalue weighted by atomic mass is 9.98. The molecule has 2 aromatic rings. The van der Waals surface area contributed by atoms with Gasteiger partial charge in [0.2, 0.25) is 0 Å². The minimum atomic E-state index is -0.262. The van der Waals surface area contributed by atoms with Gasteiger partial charge in [-0.05, 0) is 35.9 Å². The highest BCUT2D eigenvalue weighted by molar-refractivity contribution is 9.10. The summed E-state index contributed by atoms with van der Waals surface area (Å²) in [5.41, 5.74) is 8.25. The van der Waals surface area contributed by atoms with Gasteiger partial charge in [-0.3, -0.25) is 0 Å². The van der Waals surface area contributed by atoms with E-state index in [1.807, 2.05) is 42.5 Å². The number of methoxy groups -OCH3 is 2. The van der Waals surface area contributed by atoms with Crippen LogP contribution in [-0.2, 0) is 0 Å². The smallest absolute Gasteiger partial charge is 0.124 e. The van der Waals surface area contributed by atoms with Crippen LogP contribution in [0.3, 0.4) is 0 Å². The number of hydrogen-bond donors (Lipinski definition) is 1. The minimum absolute atomic E-state index is 0.262. The Morgan fingerprint density at radius 3 is 2.53 bits per heavy atom. The maximum atomic E-state index is 6.33. The van der Waals surface area contributed by atoms with Gasteiger partial charge in [0.1, 0.15) is 11.5 Å². The topological polar surface area (TPSA) is 44.5 Å². The van der Waals surface area contributed by atoms with Crippen molar-refractivity contribution in [2.45, 2.75) is 6.04 Å². The van der Waals surface area contributed by atoms with Crippen LogP contribution in [0.5, 0.6) is 11.5 Å². The van der Waals surface area contributed by atoms with E-state index in [0.717, 1.165) is 27.1 Å². The summed E-state index contributed by atoms with van der Waals surface area (Å²) in [5, 5.41) is 0. The monoisotopic (exact) mass is 321 g/mol. The summed E-state index contributed by atoms with van der Waals surface area (Å²) in [7, 11) is 3.29. The molecule has 0 fully saturated rings. The average Bonchev–Trinajstić information content (AvgIpc) is 2.46. The van der Waals surface area contributed by atoms with E-state index in [9.17, 15) is 0 Å². The van der Waals surface area contributed by atoms with E-state index in [1.54, 1.807) is 14.2 Å². The van der Waals surface area contributed by atoms with Gasteiger partial charge < -0.3 is 15.2 Å². The second-order valence-electron chi connectivity index (χ2n) is 4.14. The SMILES string of the molecule is COc1cccc(C(N)c2cc(Br)ccc2OC)c1. The van der Waals surface area contributed by atoms with Gasteiger partial charge in [-0.1, -0.05) is 28.1 Å². The highest BCUT2D eigenvalue weighted by atomic mass is 79.9. The average molecular weight is 322 g/mol. The largest absolute Gasteiger partial charge is 0.497 e. The molecule has 0 aromatic heterocycles. The molecule has 0 aliphatic carbocycles. The third-order valence-corrected chi connectivity index (χ3v) is 3.47. The van der Waals surface area contributed by atoms with Crippen LogP contribution in [0.15, 0.2) is 46.9 Å². The van der Waals surface area contributed by atoms with Crippen molar-refractivity contribution in [1.29, 1.82) is 0 Å². The number of hydrogen-bond acceptors (Lipinski definition) is 3. The van der Waals surface area contributed by atoms with Crippen LogP contribution in [0.2, 0.25) is 0 Å². The van der Waals surface area contributed by atoms with E-state index in [2.05, 4.69) is 15.9 Å². The van der Waals surface area contributed by atoms with E-state index in [1.165, 1.54) is 0 Å². The molecule has 0 aliphatic heterocycles. The highest BCUT2D eigenvalue weighted by Gasteiger charge is 2.15. The van der Waals surface area contributed by atoms with Crippen LogP contribution in [0.25, 0.3) is 0 Å². The van der Waals surface area contributed by atoms with Crippen molar-refractivity contribution in [3.8, 4) is 11.5 Å². The predicted molar refractivity (Wildman–Crippen MR) is 79.7 cm³/mol. The number of nitrogens with two attached hydrogens (primary N) is 1. The Balaban J connectivity index is 2.42. The van der Waals surface area contributed by atoms with Crippen LogP contribution < -0.4 is 15.2 Å². The van der Waals surface area contributed by atoms with Gasteiger partial charge in [0.15, 0.2) is 0 Å². The summed E-state index contributed by atoms with van der Waals surface area (Å²) in [6, 6.07) is 13.3. The first-order chi connectivity index (χ1) is 9.15. The van der Waals surface area contributed by atoms with E-state index < -0.39 is 0 Å². The molecule has 0 aliphatic rings. The Morgan fingerprint density at radius 2 is 1.84 bits per heavy atom. The summed E-state index contributed by atoms with van der Waals surface area (Å²) < 4.78 is 11.6. The van der Waals surface area contributed by atoms with Crippen LogP contribution in [-0.4, -0.2) is 14.2 Å². The molecule has 1 unspecified atom stereocenters. The Kier molecular flexibility index (Phi) is 4.45. The molecule has 3 nitrogen and oxygen atoms in total. The first kappa shape index (κ1) is 13.9. The Bertz CT molecular complexity index is 572. The summed E-state index contributed by atoms with van der Waals surface area (Å²) in [4.78, 5) is 0. The molecule has 0 spiro atoms. The molecule has 2 aromatic carbocycles. The third kappa shape index (κ3) is 3.08. The lowest BCUT2D eigenvalue weighted by molar-refractivity contribution is 0.406. The zero-order valence-corrected chi connectivity index (χ0v) is 12.5. The van der Waals surface area contributed by atoms with E-state index in [0.29, 0.717) is 0 Å². The molecule has 0 bridgehead atoms. The van der Waals surface area contributed by atoms with Crippen molar-refractivity contribution in [2.24, 2.45) is 5.73 Å². The van der Waals surface area contributed by atoms with E-state index in [-0.39, 0.29) is 6.04 Å². The fourth-order valence-electron chi connectivity index (χ4n) is 1.96. The van der Waals surface area contributed by atoms with E-state index in [4.69, 9.17) is 15.2 Å². The molecule has 1 atom stereocenters. The van der Waals surface area contributed by atoms with Gasteiger partial charge in [0.25, 0.3) is 0 Å². The molecule has 0 amide bonds. The molecule has 2 N–H and O–H groups in total. The maximum absolute atomic E-state index is 6.33. The predicted octanol–water partition coefficient (Wildman–Crippen LogP) is 3.51.